The van der Waals surface area contributed by atoms with E-state index < -0.39 is 0 Å². The minimum absolute atomic E-state index is 0.639. The second kappa shape index (κ2) is 10.7. The summed E-state index contributed by atoms with van der Waals surface area (Å²) in [5.41, 5.74) is 2.58. The molecule has 0 saturated carbocycles. The summed E-state index contributed by atoms with van der Waals surface area (Å²) in [4.78, 5) is 9.06. The van der Waals surface area contributed by atoms with Crippen LogP contribution in [0.3, 0.4) is 0 Å². The van der Waals surface area contributed by atoms with Crippen molar-refractivity contribution >= 4 is 12.0 Å². The molecule has 0 saturated heterocycles. The summed E-state index contributed by atoms with van der Waals surface area (Å²) in [6.45, 7) is 5.17. The maximum Gasteiger partial charge on any atom is 0.142 e. The zero-order valence-corrected chi connectivity index (χ0v) is 10.6. The monoisotopic (exact) mass is 231 g/mol. The average Bonchev–Trinajstić information content (AvgIpc) is 2.40. The zero-order valence-electron chi connectivity index (χ0n) is 10.6. The zero-order chi connectivity index (χ0) is 12.9. The van der Waals surface area contributed by atoms with Crippen molar-refractivity contribution in [2.24, 2.45) is 0 Å². The second-order valence-electron chi connectivity index (χ2n) is 3.43. The summed E-state index contributed by atoms with van der Waals surface area (Å²) in [6.07, 6.45) is 8.40. The van der Waals surface area contributed by atoms with Gasteiger partial charge in [-0.05, 0) is 43.5 Å². The van der Waals surface area contributed by atoms with Crippen LogP contribution < -0.4 is 5.32 Å². The molecule has 1 aromatic rings. The topological polar surface area (TPSA) is 29.1 Å². The smallest absolute Gasteiger partial charge is 0.142 e. The van der Waals surface area contributed by atoms with Crippen LogP contribution in [-0.4, -0.2) is 13.3 Å². The first-order valence-corrected chi connectivity index (χ1v) is 5.72. The first kappa shape index (κ1) is 15.2. The van der Waals surface area contributed by atoms with Gasteiger partial charge < -0.3 is 5.32 Å². The van der Waals surface area contributed by atoms with Crippen LogP contribution in [0.5, 0.6) is 0 Å². The van der Waals surface area contributed by atoms with Gasteiger partial charge >= 0.3 is 0 Å². The van der Waals surface area contributed by atoms with E-state index >= 15 is 0 Å². The van der Waals surface area contributed by atoms with Crippen LogP contribution in [0, 0.1) is 0 Å². The Morgan fingerprint density at radius 1 is 1.29 bits per heavy atom. The maximum atomic E-state index is 9.06. The van der Waals surface area contributed by atoms with Crippen LogP contribution >= 0.6 is 0 Å². The molecule has 92 valence electrons. The Labute approximate surface area is 104 Å². The summed E-state index contributed by atoms with van der Waals surface area (Å²) >= 11 is 0. The van der Waals surface area contributed by atoms with Gasteiger partial charge in [0.1, 0.15) is 6.29 Å². The standard InChI is InChI=1S/C12H17N.C3H4O/c1-3-4-5-6-11-7-9-12(13-2)10-8-11;1-2-3-4/h3-4,7-10,13H,5-6H2,1-2H3;2-3H,1H2/b4-3+;. The number of benzene rings is 1. The molecule has 0 spiro atoms. The molecule has 17 heavy (non-hydrogen) atoms. The van der Waals surface area contributed by atoms with Crippen molar-refractivity contribution in [3.05, 3.63) is 54.6 Å². The largest absolute Gasteiger partial charge is 0.388 e. The number of allylic oxidation sites excluding steroid dienone is 3. The first-order chi connectivity index (χ1) is 8.28. The predicted octanol–water partition coefficient (Wildman–Crippen LogP) is 3.61. The van der Waals surface area contributed by atoms with Crippen LogP contribution in [0.15, 0.2) is 49.1 Å². The Morgan fingerprint density at radius 3 is 2.29 bits per heavy atom. The van der Waals surface area contributed by atoms with Crippen molar-refractivity contribution in [2.75, 3.05) is 12.4 Å². The number of aryl methyl sites for hydroxylation is 1. The Hall–Kier alpha value is -1.83. The fourth-order valence-electron chi connectivity index (χ4n) is 1.25. The van der Waals surface area contributed by atoms with Crippen molar-refractivity contribution in [1.82, 2.24) is 0 Å². The number of carbonyl (C=O) groups is 1. The van der Waals surface area contributed by atoms with Crippen LogP contribution in [0.1, 0.15) is 18.9 Å². The van der Waals surface area contributed by atoms with Gasteiger partial charge in [0, 0.05) is 12.7 Å². The van der Waals surface area contributed by atoms with Gasteiger partial charge in [-0.2, -0.15) is 0 Å². The van der Waals surface area contributed by atoms with Crippen molar-refractivity contribution < 1.29 is 4.79 Å². The molecule has 0 radical (unpaired) electrons. The number of hydrogen-bond donors (Lipinski definition) is 1. The lowest BCUT2D eigenvalue weighted by Crippen LogP contribution is -1.88. The molecule has 0 heterocycles. The molecule has 0 fully saturated rings. The van der Waals surface area contributed by atoms with Gasteiger partial charge in [-0.15, -0.1) is 0 Å². The van der Waals surface area contributed by atoms with Crippen LogP contribution in [-0.2, 0) is 11.2 Å². The third-order valence-corrected chi connectivity index (χ3v) is 2.17. The van der Waals surface area contributed by atoms with Crippen LogP contribution in [0.25, 0.3) is 0 Å². The molecule has 0 atom stereocenters. The molecule has 0 unspecified atom stereocenters. The predicted molar refractivity (Wildman–Crippen MR) is 75.4 cm³/mol. The lowest BCUT2D eigenvalue weighted by molar-refractivity contribution is -0.104. The highest BCUT2D eigenvalue weighted by Gasteiger charge is 1.91. The molecule has 0 amide bonds. The fourth-order valence-corrected chi connectivity index (χ4v) is 1.25. The number of aldehydes is 1. The summed E-state index contributed by atoms with van der Waals surface area (Å²) in [5.74, 6) is 0. The number of anilines is 1. The number of carbonyl (C=O) groups excluding carboxylic acids is 1. The van der Waals surface area contributed by atoms with Gasteiger partial charge in [0.2, 0.25) is 0 Å². The van der Waals surface area contributed by atoms with Crippen molar-refractivity contribution in [3.8, 4) is 0 Å². The van der Waals surface area contributed by atoms with Crippen LogP contribution in [0.4, 0.5) is 5.69 Å². The number of hydrogen-bond acceptors (Lipinski definition) is 2. The maximum absolute atomic E-state index is 9.06. The summed E-state index contributed by atoms with van der Waals surface area (Å²) in [5, 5.41) is 3.11. The van der Waals surface area contributed by atoms with E-state index in [1.165, 1.54) is 17.3 Å². The van der Waals surface area contributed by atoms with Gasteiger partial charge in [0.15, 0.2) is 0 Å². The third-order valence-electron chi connectivity index (χ3n) is 2.17. The summed E-state index contributed by atoms with van der Waals surface area (Å²) < 4.78 is 0. The van der Waals surface area contributed by atoms with Crippen molar-refractivity contribution in [1.29, 1.82) is 0 Å². The minimum Gasteiger partial charge on any atom is -0.388 e. The van der Waals surface area contributed by atoms with E-state index in [4.69, 9.17) is 4.79 Å². The lowest BCUT2D eigenvalue weighted by Gasteiger charge is -2.01. The summed E-state index contributed by atoms with van der Waals surface area (Å²) in [7, 11) is 1.94. The van der Waals surface area contributed by atoms with Gasteiger partial charge in [0.25, 0.3) is 0 Å². The summed E-state index contributed by atoms with van der Waals surface area (Å²) in [6, 6.07) is 8.58. The molecule has 0 bridgehead atoms. The molecule has 0 aromatic heterocycles. The molecular weight excluding hydrogens is 210 g/mol. The molecule has 1 rings (SSSR count). The fraction of sp³-hybridized carbons (Fsp3) is 0.267. The Morgan fingerprint density at radius 2 is 1.88 bits per heavy atom. The first-order valence-electron chi connectivity index (χ1n) is 5.72. The third kappa shape index (κ3) is 8.03. The van der Waals surface area contributed by atoms with E-state index in [2.05, 4.69) is 55.2 Å². The molecule has 1 N–H and O–H groups in total. The Kier molecular flexibility index (Phi) is 9.53. The highest BCUT2D eigenvalue weighted by Crippen LogP contribution is 2.10. The SMILES string of the molecule is C/C=C/CCc1ccc(NC)cc1.C=CC=O. The minimum atomic E-state index is 0.639. The molecule has 2 nitrogen and oxygen atoms in total. The van der Waals surface area contributed by atoms with E-state index in [0.717, 1.165) is 12.8 Å². The highest BCUT2D eigenvalue weighted by molar-refractivity contribution is 5.63. The average molecular weight is 231 g/mol. The molecular formula is C15H21NO. The van der Waals surface area contributed by atoms with Gasteiger partial charge in [-0.1, -0.05) is 30.9 Å². The molecule has 0 aliphatic carbocycles. The Balaban J connectivity index is 0.000000557. The van der Waals surface area contributed by atoms with Gasteiger partial charge in [-0.3, -0.25) is 4.79 Å². The lowest BCUT2D eigenvalue weighted by atomic mass is 10.1. The molecule has 0 aliphatic heterocycles. The Bertz CT molecular complexity index is 332. The van der Waals surface area contributed by atoms with Gasteiger partial charge in [0.05, 0.1) is 0 Å². The van der Waals surface area contributed by atoms with Crippen molar-refractivity contribution in [3.63, 3.8) is 0 Å². The van der Waals surface area contributed by atoms with E-state index in [1.54, 1.807) is 0 Å². The number of rotatable bonds is 5. The molecule has 2 heteroatoms. The van der Waals surface area contributed by atoms with Crippen LogP contribution in [0.2, 0.25) is 0 Å². The normalized spacial score (nSPS) is 9.29. The number of nitrogens with one attached hydrogen (secondary N) is 1. The molecule has 1 aromatic carbocycles. The second-order valence-corrected chi connectivity index (χ2v) is 3.43. The van der Waals surface area contributed by atoms with Gasteiger partial charge in [-0.25, -0.2) is 0 Å². The van der Waals surface area contributed by atoms with Crippen molar-refractivity contribution in [2.45, 2.75) is 19.8 Å². The van der Waals surface area contributed by atoms with E-state index in [1.807, 2.05) is 7.05 Å². The highest BCUT2D eigenvalue weighted by atomic mass is 16.1. The van der Waals surface area contributed by atoms with E-state index in [9.17, 15) is 0 Å². The molecule has 0 aliphatic rings. The van der Waals surface area contributed by atoms with E-state index in [0.29, 0.717) is 6.29 Å². The quantitative estimate of drug-likeness (QED) is 0.476. The van der Waals surface area contributed by atoms with E-state index in [-0.39, 0.29) is 0 Å².